The Kier molecular flexibility index (Phi) is 8.05. The Hall–Kier alpha value is -2.88. The van der Waals surface area contributed by atoms with Gasteiger partial charge in [0.2, 0.25) is 0 Å². The van der Waals surface area contributed by atoms with Crippen molar-refractivity contribution in [3.8, 4) is 11.8 Å². The highest BCUT2D eigenvalue weighted by Gasteiger charge is 2.12. The lowest BCUT2D eigenvalue weighted by Gasteiger charge is -2.22. The number of aromatic nitrogens is 1. The highest BCUT2D eigenvalue weighted by Crippen LogP contribution is 2.12. The summed E-state index contributed by atoms with van der Waals surface area (Å²) in [4.78, 5) is 30.0. The largest absolute Gasteiger partial charge is 0.380 e. The monoisotopic (exact) mass is 421 g/mol. The van der Waals surface area contributed by atoms with E-state index in [1.807, 2.05) is 45.0 Å². The normalized spacial score (nSPS) is 14.8. The Morgan fingerprint density at radius 1 is 1.13 bits per heavy atom. The average molecular weight is 422 g/mol. The molecule has 1 aliphatic rings. The quantitative estimate of drug-likeness (QED) is 0.745. The number of benzene rings is 1. The molecule has 0 spiro atoms. The number of aromatic amines is 1. The van der Waals surface area contributed by atoms with Crippen LogP contribution in [0.1, 0.15) is 51.1 Å². The van der Waals surface area contributed by atoms with Crippen LogP contribution in [-0.2, 0) is 11.3 Å². The fourth-order valence-electron chi connectivity index (χ4n) is 3.67. The molecule has 1 amide bonds. The van der Waals surface area contributed by atoms with E-state index in [1.54, 1.807) is 0 Å². The van der Waals surface area contributed by atoms with Crippen molar-refractivity contribution in [3.05, 3.63) is 68.1 Å². The van der Waals surface area contributed by atoms with Gasteiger partial charge < -0.3 is 15.0 Å². The van der Waals surface area contributed by atoms with Crippen LogP contribution in [-0.4, -0.2) is 48.6 Å². The van der Waals surface area contributed by atoms with Crippen molar-refractivity contribution >= 4 is 5.91 Å². The van der Waals surface area contributed by atoms with Crippen molar-refractivity contribution < 1.29 is 9.53 Å². The van der Waals surface area contributed by atoms with Crippen molar-refractivity contribution in [1.82, 2.24) is 15.2 Å². The van der Waals surface area contributed by atoms with Crippen LogP contribution in [0.4, 0.5) is 0 Å². The van der Waals surface area contributed by atoms with Crippen LogP contribution in [0.3, 0.4) is 0 Å². The number of aryl methyl sites for hydroxylation is 3. The van der Waals surface area contributed by atoms with Gasteiger partial charge in [0.05, 0.1) is 13.2 Å². The summed E-state index contributed by atoms with van der Waals surface area (Å²) in [6.45, 7) is 10.0. The summed E-state index contributed by atoms with van der Waals surface area (Å²) in [5.41, 5.74) is 4.35. The molecule has 0 unspecified atom stereocenters. The predicted octanol–water partition coefficient (Wildman–Crippen LogP) is 2.69. The first kappa shape index (κ1) is 22.8. The van der Waals surface area contributed by atoms with Crippen molar-refractivity contribution in [3.63, 3.8) is 0 Å². The van der Waals surface area contributed by atoms with Crippen LogP contribution in [0.2, 0.25) is 0 Å². The Labute approximate surface area is 184 Å². The highest BCUT2D eigenvalue weighted by atomic mass is 16.5. The molecule has 0 bridgehead atoms. The molecule has 1 aromatic heterocycles. The van der Waals surface area contributed by atoms with Crippen molar-refractivity contribution in [1.29, 1.82) is 0 Å². The summed E-state index contributed by atoms with van der Waals surface area (Å²) in [7, 11) is 0. The van der Waals surface area contributed by atoms with Gasteiger partial charge in [-0.3, -0.25) is 14.5 Å². The van der Waals surface area contributed by atoms with Gasteiger partial charge in [0.25, 0.3) is 11.5 Å². The van der Waals surface area contributed by atoms with Crippen molar-refractivity contribution in [2.75, 3.05) is 32.8 Å². The molecule has 6 nitrogen and oxygen atoms in total. The third kappa shape index (κ3) is 6.55. The number of hydrogen-bond acceptors (Lipinski definition) is 4. The maximum Gasteiger partial charge on any atom is 0.253 e. The van der Waals surface area contributed by atoms with E-state index < -0.39 is 0 Å². The van der Waals surface area contributed by atoms with E-state index in [2.05, 4.69) is 27.0 Å². The minimum absolute atomic E-state index is 0.163. The summed E-state index contributed by atoms with van der Waals surface area (Å²) in [5, 5.41) is 2.88. The van der Waals surface area contributed by atoms with Gasteiger partial charge in [0.1, 0.15) is 0 Å². The second-order valence-electron chi connectivity index (χ2n) is 8.05. The molecule has 0 atom stereocenters. The second-order valence-corrected chi connectivity index (χ2v) is 8.05. The van der Waals surface area contributed by atoms with Gasteiger partial charge in [-0.15, -0.1) is 0 Å². The third-order valence-electron chi connectivity index (χ3n) is 5.50. The van der Waals surface area contributed by atoms with Gasteiger partial charge in [0.15, 0.2) is 0 Å². The molecule has 6 heteroatoms. The zero-order valence-corrected chi connectivity index (χ0v) is 18.6. The second kappa shape index (κ2) is 10.9. The molecule has 0 radical (unpaired) electrons. The Bertz CT molecular complexity index is 1040. The first-order valence-electron chi connectivity index (χ1n) is 10.8. The fraction of sp³-hybridized carbons (Fsp3) is 0.440. The molecule has 1 saturated heterocycles. The Morgan fingerprint density at radius 3 is 2.77 bits per heavy atom. The third-order valence-corrected chi connectivity index (χ3v) is 5.50. The molecule has 2 N–H and O–H groups in total. The number of ether oxygens (including phenoxy) is 1. The smallest absolute Gasteiger partial charge is 0.253 e. The Balaban J connectivity index is 1.65. The number of nitrogens with one attached hydrogen (secondary N) is 2. The van der Waals surface area contributed by atoms with Crippen LogP contribution >= 0.6 is 0 Å². The lowest BCUT2D eigenvalue weighted by molar-refractivity contribution is 0.0857. The lowest BCUT2D eigenvalue weighted by Crippen LogP contribution is -2.31. The summed E-state index contributed by atoms with van der Waals surface area (Å²) in [6, 6.07) is 7.57. The molecular weight excluding hydrogens is 390 g/mol. The molecule has 1 fully saturated rings. The van der Waals surface area contributed by atoms with Crippen molar-refractivity contribution in [2.45, 2.75) is 40.2 Å². The molecule has 1 aromatic carbocycles. The number of carbonyl (C=O) groups is 1. The average Bonchev–Trinajstić information content (AvgIpc) is 2.69. The standard InChI is InChI=1S/C25H31N3O3/c1-18-8-9-21(7-6-11-28-10-4-5-13-31-14-12-28)16-22(18)24(29)26-17-23-19(2)15-20(3)27-25(23)30/h8-9,15-16H,4-5,10-14,17H2,1-3H3,(H,26,29)(H,27,30). The number of rotatable bonds is 4. The number of nitrogens with zero attached hydrogens (tertiary/aromatic N) is 1. The molecular formula is C25H31N3O3. The molecule has 0 saturated carbocycles. The van der Waals surface area contributed by atoms with E-state index in [-0.39, 0.29) is 18.0 Å². The SMILES string of the molecule is Cc1cc(C)c(CNC(=O)c2cc(C#CCN3CCCCOCC3)ccc2C)c(=O)[nH]1. The van der Waals surface area contributed by atoms with Crippen LogP contribution in [0.5, 0.6) is 0 Å². The molecule has 1 aliphatic heterocycles. The zero-order valence-electron chi connectivity index (χ0n) is 18.6. The predicted molar refractivity (Wildman–Crippen MR) is 122 cm³/mol. The molecule has 0 aliphatic carbocycles. The van der Waals surface area contributed by atoms with E-state index in [9.17, 15) is 9.59 Å². The maximum absolute atomic E-state index is 12.8. The van der Waals surface area contributed by atoms with Gasteiger partial charge >= 0.3 is 0 Å². The number of hydrogen-bond donors (Lipinski definition) is 2. The minimum Gasteiger partial charge on any atom is -0.380 e. The summed E-state index contributed by atoms with van der Waals surface area (Å²) < 4.78 is 5.54. The van der Waals surface area contributed by atoms with E-state index in [4.69, 9.17) is 4.74 Å². The van der Waals surface area contributed by atoms with E-state index in [0.717, 1.165) is 61.5 Å². The molecule has 164 valence electrons. The van der Waals surface area contributed by atoms with E-state index in [0.29, 0.717) is 17.7 Å². The van der Waals surface area contributed by atoms with Gasteiger partial charge in [-0.25, -0.2) is 0 Å². The van der Waals surface area contributed by atoms with Crippen LogP contribution in [0.25, 0.3) is 0 Å². The lowest BCUT2D eigenvalue weighted by atomic mass is 10.0. The van der Waals surface area contributed by atoms with Crippen molar-refractivity contribution in [2.24, 2.45) is 0 Å². The summed E-state index contributed by atoms with van der Waals surface area (Å²) >= 11 is 0. The van der Waals surface area contributed by atoms with Gasteiger partial charge in [0, 0.05) is 42.1 Å². The highest BCUT2D eigenvalue weighted by molar-refractivity contribution is 5.96. The first-order chi connectivity index (χ1) is 14.9. The fourth-order valence-corrected chi connectivity index (χ4v) is 3.67. The van der Waals surface area contributed by atoms with Crippen LogP contribution < -0.4 is 10.9 Å². The summed E-state index contributed by atoms with van der Waals surface area (Å²) in [6.07, 6.45) is 2.22. The van der Waals surface area contributed by atoms with Crippen LogP contribution in [0.15, 0.2) is 29.1 Å². The number of carbonyl (C=O) groups excluding carboxylic acids is 1. The van der Waals surface area contributed by atoms with Gasteiger partial charge in [-0.2, -0.15) is 0 Å². The topological polar surface area (TPSA) is 74.4 Å². The Morgan fingerprint density at radius 2 is 1.97 bits per heavy atom. The molecule has 31 heavy (non-hydrogen) atoms. The van der Waals surface area contributed by atoms with Gasteiger partial charge in [-0.05, 0) is 69.5 Å². The maximum atomic E-state index is 12.8. The number of pyridine rings is 1. The summed E-state index contributed by atoms with van der Waals surface area (Å²) in [5.74, 6) is 6.20. The minimum atomic E-state index is -0.207. The zero-order chi connectivity index (χ0) is 22.2. The molecule has 3 rings (SSSR count). The number of H-pyrrole nitrogens is 1. The van der Waals surface area contributed by atoms with Crippen LogP contribution in [0, 0.1) is 32.6 Å². The van der Waals surface area contributed by atoms with E-state index in [1.165, 1.54) is 0 Å². The number of amides is 1. The first-order valence-corrected chi connectivity index (χ1v) is 10.8. The molecule has 2 aromatic rings. The van der Waals surface area contributed by atoms with Gasteiger partial charge in [-0.1, -0.05) is 17.9 Å². The van der Waals surface area contributed by atoms with E-state index >= 15 is 0 Å². The molecule has 2 heterocycles.